The lowest BCUT2D eigenvalue weighted by atomic mass is 9.95. The van der Waals surface area contributed by atoms with Crippen LogP contribution in [0.15, 0.2) is 54.6 Å². The fourth-order valence-corrected chi connectivity index (χ4v) is 3.38. The first-order valence-electron chi connectivity index (χ1n) is 9.48. The summed E-state index contributed by atoms with van der Waals surface area (Å²) in [6.45, 7) is 3.20. The topological polar surface area (TPSA) is 85.2 Å². The number of likely N-dealkylation sites (tertiary alicyclic amines) is 1. The van der Waals surface area contributed by atoms with Gasteiger partial charge in [0.05, 0.1) is 23.6 Å². The molecule has 0 bridgehead atoms. The first-order chi connectivity index (χ1) is 13.6. The van der Waals surface area contributed by atoms with E-state index >= 15 is 0 Å². The molecule has 0 spiro atoms. The highest BCUT2D eigenvalue weighted by molar-refractivity contribution is 5.95. The maximum atomic E-state index is 12.6. The standard InChI is InChI=1S/C22H24N4O2/c1-16(21(27)24-20-11-9-17(14-23)10-12-20)26-13-5-6-18(15-26)22(28)25-19-7-3-2-4-8-19/h2-4,7-12,16,18H,5-6,13,15H2,1H3,(H,24,27)(H,25,28)/t16-,18+/m1/s1. The van der Waals surface area contributed by atoms with Crippen molar-refractivity contribution < 1.29 is 9.59 Å². The Labute approximate surface area is 165 Å². The number of nitriles is 1. The molecular formula is C22H24N4O2. The third kappa shape index (κ3) is 4.96. The lowest BCUT2D eigenvalue weighted by molar-refractivity contribution is -0.125. The summed E-state index contributed by atoms with van der Waals surface area (Å²) in [6.07, 6.45) is 1.69. The number of hydrogen-bond acceptors (Lipinski definition) is 4. The van der Waals surface area contributed by atoms with E-state index in [1.54, 1.807) is 24.3 Å². The molecule has 6 nitrogen and oxygen atoms in total. The van der Waals surface area contributed by atoms with Crippen LogP contribution in [0, 0.1) is 17.2 Å². The fraction of sp³-hybridized carbons (Fsp3) is 0.318. The van der Waals surface area contributed by atoms with Crippen molar-refractivity contribution in [2.24, 2.45) is 5.92 Å². The Morgan fingerprint density at radius 3 is 2.43 bits per heavy atom. The second-order valence-corrected chi connectivity index (χ2v) is 7.04. The van der Waals surface area contributed by atoms with Gasteiger partial charge in [-0.25, -0.2) is 0 Å². The molecule has 1 aliphatic rings. The minimum atomic E-state index is -0.344. The maximum absolute atomic E-state index is 12.6. The first kappa shape index (κ1) is 19.6. The van der Waals surface area contributed by atoms with Crippen LogP contribution >= 0.6 is 0 Å². The molecule has 1 aliphatic heterocycles. The van der Waals surface area contributed by atoms with Gasteiger partial charge in [-0.2, -0.15) is 5.26 Å². The third-order valence-corrected chi connectivity index (χ3v) is 5.07. The number of amides is 2. The number of hydrogen-bond donors (Lipinski definition) is 2. The number of anilines is 2. The molecule has 2 amide bonds. The van der Waals surface area contributed by atoms with Crippen LogP contribution in [0.2, 0.25) is 0 Å². The van der Waals surface area contributed by atoms with E-state index < -0.39 is 0 Å². The van der Waals surface area contributed by atoms with Crippen LogP contribution in [0.5, 0.6) is 0 Å². The van der Waals surface area contributed by atoms with Crippen molar-refractivity contribution >= 4 is 23.2 Å². The number of nitrogens with one attached hydrogen (secondary N) is 2. The average molecular weight is 376 g/mol. The second kappa shape index (κ2) is 9.16. The van der Waals surface area contributed by atoms with E-state index in [9.17, 15) is 9.59 Å². The van der Waals surface area contributed by atoms with Gasteiger partial charge in [0.15, 0.2) is 0 Å². The minimum absolute atomic E-state index is 0.00407. The van der Waals surface area contributed by atoms with Crippen LogP contribution in [0.3, 0.4) is 0 Å². The molecule has 0 radical (unpaired) electrons. The van der Waals surface area contributed by atoms with Gasteiger partial charge >= 0.3 is 0 Å². The van der Waals surface area contributed by atoms with Crippen LogP contribution in [0.25, 0.3) is 0 Å². The molecule has 2 aromatic carbocycles. The zero-order valence-electron chi connectivity index (χ0n) is 15.9. The number of nitrogens with zero attached hydrogens (tertiary/aromatic N) is 2. The summed E-state index contributed by atoms with van der Waals surface area (Å²) in [4.78, 5) is 27.3. The molecule has 0 aromatic heterocycles. The van der Waals surface area contributed by atoms with Gasteiger partial charge < -0.3 is 10.6 Å². The predicted molar refractivity (Wildman–Crippen MR) is 109 cm³/mol. The lowest BCUT2D eigenvalue weighted by Gasteiger charge is -2.35. The van der Waals surface area contributed by atoms with E-state index in [0.29, 0.717) is 17.8 Å². The summed E-state index contributed by atoms with van der Waals surface area (Å²) in [5.41, 5.74) is 2.00. The quantitative estimate of drug-likeness (QED) is 0.839. The number of para-hydroxylation sites is 1. The highest BCUT2D eigenvalue weighted by atomic mass is 16.2. The molecule has 3 rings (SSSR count). The molecule has 2 atom stereocenters. The Morgan fingerprint density at radius 2 is 1.75 bits per heavy atom. The number of benzene rings is 2. The molecule has 6 heteroatoms. The summed E-state index contributed by atoms with van der Waals surface area (Å²) >= 11 is 0. The van der Waals surface area contributed by atoms with E-state index in [1.165, 1.54) is 0 Å². The van der Waals surface area contributed by atoms with Crippen LogP contribution in [-0.4, -0.2) is 35.8 Å². The van der Waals surface area contributed by atoms with Gasteiger partial charge in [-0.05, 0) is 62.7 Å². The molecule has 0 unspecified atom stereocenters. The van der Waals surface area contributed by atoms with Crippen molar-refractivity contribution in [1.29, 1.82) is 5.26 Å². The van der Waals surface area contributed by atoms with E-state index in [1.807, 2.05) is 37.3 Å². The Hall–Kier alpha value is -3.17. The van der Waals surface area contributed by atoms with Gasteiger partial charge in [-0.1, -0.05) is 18.2 Å². The molecule has 28 heavy (non-hydrogen) atoms. The zero-order chi connectivity index (χ0) is 19.9. The third-order valence-electron chi connectivity index (χ3n) is 5.07. The van der Waals surface area contributed by atoms with E-state index in [-0.39, 0.29) is 23.8 Å². The smallest absolute Gasteiger partial charge is 0.241 e. The number of piperidine rings is 1. The van der Waals surface area contributed by atoms with Crippen molar-refractivity contribution in [3.63, 3.8) is 0 Å². The van der Waals surface area contributed by atoms with E-state index in [4.69, 9.17) is 5.26 Å². The lowest BCUT2D eigenvalue weighted by Crippen LogP contribution is -2.49. The number of carbonyl (C=O) groups is 2. The predicted octanol–water partition coefficient (Wildman–Crippen LogP) is 3.24. The maximum Gasteiger partial charge on any atom is 0.241 e. The van der Waals surface area contributed by atoms with Crippen molar-refractivity contribution in [1.82, 2.24) is 4.90 Å². The summed E-state index contributed by atoms with van der Waals surface area (Å²) in [5, 5.41) is 14.7. The van der Waals surface area contributed by atoms with Crippen molar-refractivity contribution in [2.75, 3.05) is 23.7 Å². The largest absolute Gasteiger partial charge is 0.326 e. The molecule has 144 valence electrons. The van der Waals surface area contributed by atoms with Gasteiger partial charge in [-0.15, -0.1) is 0 Å². The van der Waals surface area contributed by atoms with Crippen LogP contribution in [0.1, 0.15) is 25.3 Å². The van der Waals surface area contributed by atoms with Crippen LogP contribution < -0.4 is 10.6 Å². The summed E-state index contributed by atoms with van der Waals surface area (Å²) in [5.74, 6) is -0.261. The Bertz CT molecular complexity index is 858. The molecule has 2 aromatic rings. The van der Waals surface area contributed by atoms with E-state index in [0.717, 1.165) is 25.1 Å². The zero-order valence-corrected chi connectivity index (χ0v) is 15.9. The van der Waals surface area contributed by atoms with Crippen molar-refractivity contribution in [3.05, 3.63) is 60.2 Å². The van der Waals surface area contributed by atoms with Crippen molar-refractivity contribution in [3.8, 4) is 6.07 Å². The Balaban J connectivity index is 1.57. The second-order valence-electron chi connectivity index (χ2n) is 7.04. The first-order valence-corrected chi connectivity index (χ1v) is 9.48. The monoisotopic (exact) mass is 376 g/mol. The summed E-state index contributed by atoms with van der Waals surface area (Å²) in [6, 6.07) is 17.9. The van der Waals surface area contributed by atoms with Crippen LogP contribution in [-0.2, 0) is 9.59 Å². The highest BCUT2D eigenvalue weighted by Crippen LogP contribution is 2.21. The molecule has 1 saturated heterocycles. The number of carbonyl (C=O) groups excluding carboxylic acids is 2. The minimum Gasteiger partial charge on any atom is -0.326 e. The van der Waals surface area contributed by atoms with Gasteiger partial charge in [0, 0.05) is 17.9 Å². The highest BCUT2D eigenvalue weighted by Gasteiger charge is 2.30. The fourth-order valence-electron chi connectivity index (χ4n) is 3.38. The van der Waals surface area contributed by atoms with Gasteiger partial charge in [0.1, 0.15) is 0 Å². The molecule has 1 heterocycles. The average Bonchev–Trinajstić information content (AvgIpc) is 2.74. The Kier molecular flexibility index (Phi) is 6.41. The van der Waals surface area contributed by atoms with Crippen molar-refractivity contribution in [2.45, 2.75) is 25.8 Å². The molecule has 0 saturated carbocycles. The summed E-state index contributed by atoms with van der Waals surface area (Å²) in [7, 11) is 0. The summed E-state index contributed by atoms with van der Waals surface area (Å²) < 4.78 is 0. The SMILES string of the molecule is C[C@H](C(=O)Nc1ccc(C#N)cc1)N1CCC[C@H](C(=O)Nc2ccccc2)C1. The van der Waals surface area contributed by atoms with Crippen LogP contribution in [0.4, 0.5) is 11.4 Å². The van der Waals surface area contributed by atoms with Gasteiger partial charge in [-0.3, -0.25) is 14.5 Å². The normalized spacial score (nSPS) is 17.9. The van der Waals surface area contributed by atoms with E-state index in [2.05, 4.69) is 21.6 Å². The molecule has 0 aliphatic carbocycles. The van der Waals surface area contributed by atoms with Gasteiger partial charge in [0.2, 0.25) is 11.8 Å². The molecule has 2 N–H and O–H groups in total. The molecule has 1 fully saturated rings. The van der Waals surface area contributed by atoms with Gasteiger partial charge in [0.25, 0.3) is 0 Å². The Morgan fingerprint density at radius 1 is 1.07 bits per heavy atom. The molecular weight excluding hydrogens is 352 g/mol. The number of rotatable bonds is 5.